The van der Waals surface area contributed by atoms with Gasteiger partial charge in [0.1, 0.15) is 24.4 Å². The number of amides is 1. The number of alkyl halides is 1. The number of carbonyl (C=O) groups excluding carboxylic acids is 1. The quantitative estimate of drug-likeness (QED) is 0.375. The van der Waals surface area contributed by atoms with Crippen LogP contribution in [0.25, 0.3) is 0 Å². The number of aliphatic hydroxyl groups is 3. The van der Waals surface area contributed by atoms with Gasteiger partial charge in [0.25, 0.3) is 0 Å². The summed E-state index contributed by atoms with van der Waals surface area (Å²) in [6.45, 7) is 5.96. The Morgan fingerprint density at radius 3 is 2.52 bits per heavy atom. The van der Waals surface area contributed by atoms with E-state index >= 15 is 0 Å². The van der Waals surface area contributed by atoms with Crippen LogP contribution in [0.1, 0.15) is 59.3 Å². The minimum absolute atomic E-state index is 0.0347. The Hall–Kier alpha value is -0.800. The molecule has 0 saturated carbocycles. The van der Waals surface area contributed by atoms with E-state index in [1.54, 1.807) is 6.92 Å². The molecule has 29 heavy (non-hydrogen) atoms. The molecule has 2 heterocycles. The predicted octanol–water partition coefficient (Wildman–Crippen LogP) is 0.895. The van der Waals surface area contributed by atoms with Crippen LogP contribution in [-0.2, 0) is 9.53 Å². The molecule has 7 nitrogen and oxygen atoms in total. The Labute approximate surface area is 173 Å². The third-order valence-electron chi connectivity index (χ3n) is 6.39. The summed E-state index contributed by atoms with van der Waals surface area (Å²) in [4.78, 5) is 12.9. The maximum absolute atomic E-state index is 12.9. The van der Waals surface area contributed by atoms with Crippen LogP contribution in [0.5, 0.6) is 0 Å². The highest BCUT2D eigenvalue weighted by atomic mass is 19.1. The normalized spacial score (nSPS) is 37.2. The fraction of sp³-hybridized carbons (Fsp3) is 0.952. The van der Waals surface area contributed by atoms with Gasteiger partial charge in [-0.1, -0.05) is 26.7 Å². The standard InChI is InChI=1S/C21H39FN2O5/c1-12(2)16(20-19(27)18(26)17(25)13(3)29-20)24-21(28)15-8-7-14(9-11-23-15)6-4-5-10-22/h12-20,23,25-27H,4-11H2,1-3H3,(H,24,28)/t13-,14+,15+,16-,17+,18-,19-,20-/m1/s1. The molecule has 8 heteroatoms. The number of halogens is 1. The Kier molecular flexibility index (Phi) is 9.75. The van der Waals surface area contributed by atoms with Gasteiger partial charge >= 0.3 is 0 Å². The molecule has 2 aliphatic rings. The monoisotopic (exact) mass is 418 g/mol. The van der Waals surface area contributed by atoms with E-state index < -0.39 is 36.6 Å². The van der Waals surface area contributed by atoms with Gasteiger partial charge in [-0.15, -0.1) is 0 Å². The second kappa shape index (κ2) is 11.6. The van der Waals surface area contributed by atoms with E-state index in [1.165, 1.54) is 0 Å². The maximum atomic E-state index is 12.9. The molecule has 2 rings (SSSR count). The summed E-state index contributed by atoms with van der Waals surface area (Å²) in [5, 5.41) is 36.8. The van der Waals surface area contributed by atoms with Crippen molar-refractivity contribution in [1.82, 2.24) is 10.6 Å². The molecule has 0 bridgehead atoms. The zero-order valence-electron chi connectivity index (χ0n) is 17.9. The summed E-state index contributed by atoms with van der Waals surface area (Å²) in [5.41, 5.74) is 0. The van der Waals surface area contributed by atoms with Gasteiger partial charge in [-0.2, -0.15) is 0 Å². The lowest BCUT2D eigenvalue weighted by Gasteiger charge is -2.44. The van der Waals surface area contributed by atoms with Crippen molar-refractivity contribution in [1.29, 1.82) is 0 Å². The highest BCUT2D eigenvalue weighted by molar-refractivity contribution is 5.82. The lowest BCUT2D eigenvalue weighted by atomic mass is 9.87. The first-order chi connectivity index (χ1) is 13.8. The van der Waals surface area contributed by atoms with Crippen LogP contribution in [0.4, 0.5) is 4.39 Å². The van der Waals surface area contributed by atoms with E-state index in [0.29, 0.717) is 18.8 Å². The molecule has 2 saturated heterocycles. The number of unbranched alkanes of at least 4 members (excludes halogenated alkanes) is 1. The molecule has 8 atom stereocenters. The second-order valence-electron chi connectivity index (χ2n) is 8.98. The van der Waals surface area contributed by atoms with Crippen LogP contribution >= 0.6 is 0 Å². The SMILES string of the molecule is CC(C)[C@@H](NC(=O)[C@@H]1CC[C@H](CCCCF)CCN1)[C@H]1O[C@H](C)[C@H](O)[C@@H](O)[C@H]1O. The smallest absolute Gasteiger partial charge is 0.237 e. The molecule has 5 N–H and O–H groups in total. The van der Waals surface area contributed by atoms with Crippen molar-refractivity contribution in [3.05, 3.63) is 0 Å². The summed E-state index contributed by atoms with van der Waals surface area (Å²) in [7, 11) is 0. The van der Waals surface area contributed by atoms with E-state index in [2.05, 4.69) is 10.6 Å². The zero-order chi connectivity index (χ0) is 21.6. The number of nitrogens with one attached hydrogen (secondary N) is 2. The van der Waals surface area contributed by atoms with Gasteiger partial charge in [-0.3, -0.25) is 9.18 Å². The van der Waals surface area contributed by atoms with Crippen LogP contribution in [0.3, 0.4) is 0 Å². The molecule has 1 amide bonds. The van der Waals surface area contributed by atoms with Crippen molar-refractivity contribution in [2.45, 2.75) is 102 Å². The first-order valence-electron chi connectivity index (χ1n) is 11.1. The van der Waals surface area contributed by atoms with Crippen LogP contribution in [0, 0.1) is 11.8 Å². The van der Waals surface area contributed by atoms with Gasteiger partial charge in [-0.05, 0) is 51.0 Å². The van der Waals surface area contributed by atoms with E-state index in [4.69, 9.17) is 4.74 Å². The average molecular weight is 419 g/mol. The van der Waals surface area contributed by atoms with Crippen LogP contribution in [-0.4, -0.2) is 77.0 Å². The van der Waals surface area contributed by atoms with Crippen LogP contribution < -0.4 is 10.6 Å². The van der Waals surface area contributed by atoms with Crippen molar-refractivity contribution < 1.29 is 29.2 Å². The molecular formula is C21H39FN2O5. The van der Waals surface area contributed by atoms with Crippen molar-refractivity contribution in [2.24, 2.45) is 11.8 Å². The highest BCUT2D eigenvalue weighted by Crippen LogP contribution is 2.27. The molecular weight excluding hydrogens is 379 g/mol. The van der Waals surface area contributed by atoms with Gasteiger partial charge in [0.15, 0.2) is 0 Å². The lowest BCUT2D eigenvalue weighted by molar-refractivity contribution is -0.226. The summed E-state index contributed by atoms with van der Waals surface area (Å²) in [6.07, 6.45) is -0.101. The number of ether oxygens (including phenoxy) is 1. The van der Waals surface area contributed by atoms with Gasteiger partial charge in [-0.25, -0.2) is 0 Å². The Morgan fingerprint density at radius 2 is 1.86 bits per heavy atom. The minimum Gasteiger partial charge on any atom is -0.388 e. The Morgan fingerprint density at radius 1 is 1.14 bits per heavy atom. The summed E-state index contributed by atoms with van der Waals surface area (Å²) >= 11 is 0. The number of aliphatic hydroxyl groups excluding tert-OH is 3. The van der Waals surface area contributed by atoms with E-state index in [9.17, 15) is 24.5 Å². The fourth-order valence-electron chi connectivity index (χ4n) is 4.42. The van der Waals surface area contributed by atoms with Gasteiger partial charge in [0.05, 0.1) is 24.9 Å². The summed E-state index contributed by atoms with van der Waals surface area (Å²) < 4.78 is 18.1. The number of rotatable bonds is 8. The van der Waals surface area contributed by atoms with Crippen molar-refractivity contribution in [3.63, 3.8) is 0 Å². The third kappa shape index (κ3) is 6.59. The fourth-order valence-corrected chi connectivity index (χ4v) is 4.42. The molecule has 0 aromatic carbocycles. The van der Waals surface area contributed by atoms with Crippen LogP contribution in [0.2, 0.25) is 0 Å². The van der Waals surface area contributed by atoms with Crippen molar-refractivity contribution in [2.75, 3.05) is 13.2 Å². The van der Waals surface area contributed by atoms with Crippen molar-refractivity contribution in [3.8, 4) is 0 Å². The number of carbonyl (C=O) groups is 1. The van der Waals surface area contributed by atoms with Crippen molar-refractivity contribution >= 4 is 5.91 Å². The molecule has 0 unspecified atom stereocenters. The van der Waals surface area contributed by atoms with Gasteiger partial charge in [0.2, 0.25) is 5.91 Å². The van der Waals surface area contributed by atoms with Crippen LogP contribution in [0.15, 0.2) is 0 Å². The highest BCUT2D eigenvalue weighted by Gasteiger charge is 2.46. The average Bonchev–Trinajstić information content (AvgIpc) is 2.93. The predicted molar refractivity (Wildman–Crippen MR) is 108 cm³/mol. The molecule has 0 aromatic heterocycles. The molecule has 2 fully saturated rings. The Bertz CT molecular complexity index is 509. The topological polar surface area (TPSA) is 111 Å². The lowest BCUT2D eigenvalue weighted by Crippen LogP contribution is -2.64. The molecule has 170 valence electrons. The summed E-state index contributed by atoms with van der Waals surface area (Å²) in [5.74, 6) is 0.332. The number of hydrogen-bond donors (Lipinski definition) is 5. The molecule has 0 aliphatic carbocycles. The molecule has 0 aromatic rings. The zero-order valence-corrected chi connectivity index (χ0v) is 17.9. The first kappa shape index (κ1) is 24.5. The van der Waals surface area contributed by atoms with E-state index in [0.717, 1.165) is 32.2 Å². The maximum Gasteiger partial charge on any atom is 0.237 e. The number of hydrogen-bond acceptors (Lipinski definition) is 6. The molecule has 0 spiro atoms. The second-order valence-corrected chi connectivity index (χ2v) is 8.98. The Balaban J connectivity index is 1.95. The van der Waals surface area contributed by atoms with E-state index in [1.807, 2.05) is 13.8 Å². The first-order valence-corrected chi connectivity index (χ1v) is 11.1. The van der Waals surface area contributed by atoms with Gasteiger partial charge < -0.3 is 30.7 Å². The van der Waals surface area contributed by atoms with E-state index in [-0.39, 0.29) is 24.5 Å². The largest absolute Gasteiger partial charge is 0.388 e. The third-order valence-corrected chi connectivity index (χ3v) is 6.39. The van der Waals surface area contributed by atoms with Gasteiger partial charge in [0, 0.05) is 0 Å². The summed E-state index contributed by atoms with van der Waals surface area (Å²) in [6, 6.07) is -0.816. The minimum atomic E-state index is -1.32. The molecule has 2 aliphatic heterocycles. The molecule has 0 radical (unpaired) electrons.